The first-order valence-corrected chi connectivity index (χ1v) is 13.5. The number of thiol groups is 1. The molecule has 3 heterocycles. The number of aromatic nitrogens is 3. The number of benzene rings is 1. The predicted octanol–water partition coefficient (Wildman–Crippen LogP) is 4.28. The average Bonchev–Trinajstić information content (AvgIpc) is 3.29. The largest absolute Gasteiger partial charge is 0.382 e. The minimum Gasteiger partial charge on any atom is -0.382 e. The molecule has 0 bridgehead atoms. The van der Waals surface area contributed by atoms with Gasteiger partial charge in [-0.05, 0) is 49.9 Å². The van der Waals surface area contributed by atoms with Crippen molar-refractivity contribution >= 4 is 61.6 Å². The Morgan fingerprint density at radius 1 is 1.10 bits per heavy atom. The third-order valence-electron chi connectivity index (χ3n) is 5.81. The quantitative estimate of drug-likeness (QED) is 0.456. The Morgan fingerprint density at radius 2 is 1.87 bits per heavy atom. The Kier molecular flexibility index (Phi) is 5.81. The Balaban J connectivity index is 1.24. The topological polar surface area (TPSA) is 88.9 Å². The van der Waals surface area contributed by atoms with E-state index in [1.807, 2.05) is 24.3 Å². The number of pyridine rings is 1. The summed E-state index contributed by atoms with van der Waals surface area (Å²) in [6.45, 7) is 0.634. The van der Waals surface area contributed by atoms with E-state index in [1.54, 1.807) is 10.8 Å². The molecule has 165 valence electrons. The summed E-state index contributed by atoms with van der Waals surface area (Å²) in [5.41, 5.74) is 1.87. The zero-order valence-electron chi connectivity index (χ0n) is 16.6. The van der Waals surface area contributed by atoms with Crippen molar-refractivity contribution in [3.63, 3.8) is 0 Å². The summed E-state index contributed by atoms with van der Waals surface area (Å²) in [5, 5.41) is 6.19. The Labute approximate surface area is 195 Å². The van der Waals surface area contributed by atoms with E-state index in [0.717, 1.165) is 64.9 Å². The van der Waals surface area contributed by atoms with Gasteiger partial charge < -0.3 is 9.88 Å². The maximum Gasteiger partial charge on any atom is 0.259 e. The maximum atomic E-state index is 13.0. The molecule has 1 aliphatic heterocycles. The number of nitrogens with one attached hydrogen (secondary N) is 2. The predicted molar refractivity (Wildman–Crippen MR) is 126 cm³/mol. The molecule has 1 radical (unpaired) electrons. The molecule has 1 aromatic carbocycles. The van der Waals surface area contributed by atoms with Crippen LogP contribution in [0.5, 0.6) is 0 Å². The van der Waals surface area contributed by atoms with E-state index in [4.69, 9.17) is 23.2 Å². The highest BCUT2D eigenvalue weighted by atomic mass is 35.5. The van der Waals surface area contributed by atoms with E-state index >= 15 is 0 Å². The van der Waals surface area contributed by atoms with Gasteiger partial charge in [0.25, 0.3) is 10.0 Å². The van der Waals surface area contributed by atoms with Gasteiger partial charge in [-0.2, -0.15) is 11.8 Å². The van der Waals surface area contributed by atoms with E-state index in [-0.39, 0.29) is 22.3 Å². The van der Waals surface area contributed by atoms with Crippen LogP contribution in [0.4, 0.5) is 5.69 Å². The summed E-state index contributed by atoms with van der Waals surface area (Å²) in [6.07, 6.45) is 5.00. The summed E-state index contributed by atoms with van der Waals surface area (Å²) >= 11 is 13.3. The molecule has 1 aliphatic carbocycles. The normalized spacial score (nSPS) is 21.4. The number of nitrogens with zero attached hydrogens (tertiary/aromatic N) is 3. The lowest BCUT2D eigenvalue weighted by molar-refractivity contribution is 0.386. The molecular weight excluding hydrogens is 477 g/mol. The van der Waals surface area contributed by atoms with E-state index in [1.165, 1.54) is 0 Å². The van der Waals surface area contributed by atoms with Crippen LogP contribution >= 0.6 is 35.0 Å². The first-order valence-electron chi connectivity index (χ1n) is 10.2. The molecule has 11 heteroatoms. The van der Waals surface area contributed by atoms with Gasteiger partial charge in [0.05, 0.1) is 5.52 Å². The summed E-state index contributed by atoms with van der Waals surface area (Å²) in [6, 6.07) is 7.80. The fraction of sp³-hybridized carbons (Fsp3) is 0.400. The number of anilines is 1. The first kappa shape index (κ1) is 21.3. The van der Waals surface area contributed by atoms with Crippen molar-refractivity contribution in [2.45, 2.75) is 54.5 Å². The molecule has 0 spiro atoms. The zero-order valence-corrected chi connectivity index (χ0v) is 19.8. The minimum atomic E-state index is -3.71. The van der Waals surface area contributed by atoms with Crippen LogP contribution < -0.4 is 10.0 Å². The lowest BCUT2D eigenvalue weighted by atomic mass is 9.91. The number of imidazole rings is 1. The highest BCUT2D eigenvalue weighted by molar-refractivity contribution is 7.99. The first-order chi connectivity index (χ1) is 14.9. The van der Waals surface area contributed by atoms with Gasteiger partial charge in [-0.25, -0.2) is 18.1 Å². The molecule has 31 heavy (non-hydrogen) atoms. The molecule has 0 atom stereocenters. The SMILES string of the molecule is O=S(=O)(NC1CCC(Nc2ccnc3cc(Cl)ccc23)CC1)c1c(Cl)nc2n1CC[SH]2. The van der Waals surface area contributed by atoms with Crippen LogP contribution in [0, 0.1) is 0 Å². The monoisotopic (exact) mass is 498 g/mol. The zero-order chi connectivity index (χ0) is 21.6. The second-order valence-electron chi connectivity index (χ2n) is 7.88. The third-order valence-corrected chi connectivity index (χ3v) is 9.03. The fourth-order valence-electron chi connectivity index (χ4n) is 4.32. The van der Waals surface area contributed by atoms with Gasteiger partial charge in [-0.15, -0.1) is 0 Å². The summed E-state index contributed by atoms with van der Waals surface area (Å²) in [4.78, 5) is 8.60. The van der Waals surface area contributed by atoms with Crippen LogP contribution in [-0.2, 0) is 16.6 Å². The average molecular weight is 499 g/mol. The minimum absolute atomic E-state index is 0.0646. The van der Waals surface area contributed by atoms with Crippen molar-refractivity contribution < 1.29 is 8.42 Å². The molecule has 7 nitrogen and oxygen atoms in total. The van der Waals surface area contributed by atoms with Crippen molar-refractivity contribution in [1.82, 2.24) is 19.3 Å². The number of rotatable bonds is 5. The summed E-state index contributed by atoms with van der Waals surface area (Å²) in [7, 11) is -3.71. The molecule has 0 unspecified atom stereocenters. The lowest BCUT2D eigenvalue weighted by Crippen LogP contribution is -2.40. The van der Waals surface area contributed by atoms with Gasteiger partial charge in [0, 0.05) is 46.7 Å². The van der Waals surface area contributed by atoms with Crippen LogP contribution in [0.3, 0.4) is 0 Å². The van der Waals surface area contributed by atoms with Gasteiger partial charge in [-0.1, -0.05) is 23.2 Å². The van der Waals surface area contributed by atoms with Crippen LogP contribution in [0.1, 0.15) is 25.7 Å². The van der Waals surface area contributed by atoms with E-state index in [9.17, 15) is 8.42 Å². The number of halogens is 2. The van der Waals surface area contributed by atoms with Gasteiger partial charge in [0.2, 0.25) is 0 Å². The highest BCUT2D eigenvalue weighted by Gasteiger charge is 2.32. The van der Waals surface area contributed by atoms with E-state index in [2.05, 4.69) is 20.0 Å². The Morgan fingerprint density at radius 3 is 2.68 bits per heavy atom. The van der Waals surface area contributed by atoms with Crippen molar-refractivity contribution in [2.24, 2.45) is 0 Å². The molecule has 1 saturated carbocycles. The van der Waals surface area contributed by atoms with Crippen LogP contribution in [0.25, 0.3) is 10.9 Å². The van der Waals surface area contributed by atoms with Crippen molar-refractivity contribution in [3.05, 3.63) is 40.6 Å². The highest BCUT2D eigenvalue weighted by Crippen LogP contribution is 2.34. The van der Waals surface area contributed by atoms with Crippen molar-refractivity contribution in [2.75, 3.05) is 11.1 Å². The second-order valence-corrected chi connectivity index (χ2v) is 11.5. The molecule has 0 amide bonds. The molecule has 2 aliphatic rings. The summed E-state index contributed by atoms with van der Waals surface area (Å²) in [5.74, 6) is 0.870. The molecule has 5 rings (SSSR count). The third kappa shape index (κ3) is 4.26. The number of hydrogen-bond donors (Lipinski definition) is 3. The maximum absolute atomic E-state index is 13.0. The van der Waals surface area contributed by atoms with E-state index in [0.29, 0.717) is 11.6 Å². The fourth-order valence-corrected chi connectivity index (χ4v) is 7.67. The van der Waals surface area contributed by atoms with Gasteiger partial charge in [0.15, 0.2) is 15.3 Å². The smallest absolute Gasteiger partial charge is 0.259 e. The van der Waals surface area contributed by atoms with Gasteiger partial charge in [0.1, 0.15) is 0 Å². The van der Waals surface area contributed by atoms with Crippen LogP contribution in [0.15, 0.2) is 40.6 Å². The molecule has 1 fully saturated rings. The van der Waals surface area contributed by atoms with Crippen molar-refractivity contribution in [3.8, 4) is 0 Å². The summed E-state index contributed by atoms with van der Waals surface area (Å²) < 4.78 is 30.6. The van der Waals surface area contributed by atoms with Crippen molar-refractivity contribution in [1.29, 1.82) is 0 Å². The van der Waals surface area contributed by atoms with Crippen LogP contribution in [0.2, 0.25) is 10.2 Å². The molecule has 2 aromatic heterocycles. The second kappa shape index (κ2) is 8.44. The molecule has 0 saturated heterocycles. The molecule has 3 aromatic rings. The Hall–Kier alpha value is -1.52. The number of hydrogen-bond acceptors (Lipinski definition) is 5. The van der Waals surface area contributed by atoms with Gasteiger partial charge >= 0.3 is 0 Å². The molecule has 2 N–H and O–H groups in total. The van der Waals surface area contributed by atoms with Gasteiger partial charge in [-0.3, -0.25) is 4.98 Å². The lowest BCUT2D eigenvalue weighted by Gasteiger charge is -2.30. The number of fused-ring (bicyclic) bond motifs is 2. The van der Waals surface area contributed by atoms with Crippen LogP contribution in [-0.4, -0.2) is 40.8 Å². The van der Waals surface area contributed by atoms with E-state index < -0.39 is 10.0 Å². The standard InChI is InChI=1S/C20H22Cl2N5O2S2/c21-12-1-6-15-16(7-8-23-17(15)11-12)24-13-2-4-14(5-3-13)26-31(28,29)19-18(22)25-20-27(19)9-10-30-20/h1,6-8,11,13-14,26,30H,2-5,9-10H2,(H,23,24). The molecular formula is C20H22Cl2N5O2S2. The Bertz CT molecular complexity index is 1240. The number of sulfonamides is 1.